The van der Waals surface area contributed by atoms with Crippen LogP contribution in [0.15, 0.2) is 28.5 Å². The number of nitrogens with zero attached hydrogens (tertiary/aromatic N) is 1. The van der Waals surface area contributed by atoms with E-state index in [1.807, 2.05) is 0 Å². The SMILES string of the molecule is CC(=O)C1=CCCC=C1C(=O)N=O. The largest absolute Gasteiger partial charge is 0.317 e. The van der Waals surface area contributed by atoms with Gasteiger partial charge in [-0.2, -0.15) is 0 Å². The van der Waals surface area contributed by atoms with E-state index in [9.17, 15) is 14.5 Å². The molecule has 0 heterocycles. The smallest absolute Gasteiger partial charge is 0.294 e. The molecule has 4 nitrogen and oxygen atoms in total. The highest BCUT2D eigenvalue weighted by molar-refractivity contribution is 6.11. The zero-order chi connectivity index (χ0) is 9.84. The van der Waals surface area contributed by atoms with Gasteiger partial charge in [0.25, 0.3) is 0 Å². The molecule has 0 saturated carbocycles. The van der Waals surface area contributed by atoms with Crippen LogP contribution in [0.2, 0.25) is 0 Å². The molecule has 0 aromatic heterocycles. The summed E-state index contributed by atoms with van der Waals surface area (Å²) in [5.74, 6) is -1.07. The summed E-state index contributed by atoms with van der Waals surface area (Å²) in [6.45, 7) is 1.36. The highest BCUT2D eigenvalue weighted by Crippen LogP contribution is 2.20. The molecule has 0 aromatic rings. The molecule has 0 radical (unpaired) electrons. The Morgan fingerprint density at radius 3 is 2.23 bits per heavy atom. The molecule has 0 N–H and O–H groups in total. The lowest BCUT2D eigenvalue weighted by atomic mass is 9.95. The molecule has 0 saturated heterocycles. The first-order valence-electron chi connectivity index (χ1n) is 3.96. The fourth-order valence-electron chi connectivity index (χ4n) is 1.26. The van der Waals surface area contributed by atoms with E-state index in [1.165, 1.54) is 6.92 Å². The standard InChI is InChI=1S/C9H9NO3/c1-6(11)7-4-2-3-5-8(7)9(12)10-13/h4-5H,2-3H2,1H3. The van der Waals surface area contributed by atoms with Gasteiger partial charge in [0.05, 0.1) is 5.57 Å². The maximum absolute atomic E-state index is 11.0. The van der Waals surface area contributed by atoms with Crippen LogP contribution in [0.4, 0.5) is 0 Å². The highest BCUT2D eigenvalue weighted by Gasteiger charge is 2.19. The summed E-state index contributed by atoms with van der Waals surface area (Å²) in [5.41, 5.74) is 0.463. The molecule has 0 aromatic carbocycles. The van der Waals surface area contributed by atoms with Gasteiger partial charge in [0, 0.05) is 10.7 Å². The molecule has 0 spiro atoms. The van der Waals surface area contributed by atoms with Crippen LogP contribution in [0.25, 0.3) is 0 Å². The Morgan fingerprint density at radius 2 is 1.77 bits per heavy atom. The van der Waals surface area contributed by atoms with E-state index in [-0.39, 0.29) is 11.4 Å². The normalized spacial score (nSPS) is 15.8. The second kappa shape index (κ2) is 3.89. The molecule has 4 heteroatoms. The van der Waals surface area contributed by atoms with E-state index < -0.39 is 5.91 Å². The Labute approximate surface area is 75.3 Å². The average Bonchev–Trinajstić information content (AvgIpc) is 2.16. The first kappa shape index (κ1) is 9.51. The van der Waals surface area contributed by atoms with Crippen molar-refractivity contribution in [1.82, 2.24) is 0 Å². The number of hydrogen-bond acceptors (Lipinski definition) is 3. The molecular formula is C9H9NO3. The van der Waals surface area contributed by atoms with Crippen molar-refractivity contribution in [2.75, 3.05) is 0 Å². The van der Waals surface area contributed by atoms with E-state index >= 15 is 0 Å². The predicted molar refractivity (Wildman–Crippen MR) is 46.9 cm³/mol. The Hall–Kier alpha value is -1.58. The van der Waals surface area contributed by atoms with Crippen molar-refractivity contribution in [2.45, 2.75) is 19.8 Å². The average molecular weight is 179 g/mol. The van der Waals surface area contributed by atoms with Gasteiger partial charge >= 0.3 is 5.91 Å². The van der Waals surface area contributed by atoms with Gasteiger partial charge < -0.3 is 0 Å². The number of carbonyl (C=O) groups is 2. The summed E-state index contributed by atoms with van der Waals surface area (Å²) < 4.78 is 0. The molecule has 0 fully saturated rings. The van der Waals surface area contributed by atoms with Crippen molar-refractivity contribution in [3.63, 3.8) is 0 Å². The van der Waals surface area contributed by atoms with E-state index in [2.05, 4.69) is 5.18 Å². The zero-order valence-electron chi connectivity index (χ0n) is 7.24. The summed E-state index contributed by atoms with van der Waals surface area (Å²) in [4.78, 5) is 32.0. The number of carbonyl (C=O) groups excluding carboxylic acids is 2. The topological polar surface area (TPSA) is 63.6 Å². The minimum atomic E-state index is -0.860. The Kier molecular flexibility index (Phi) is 2.84. The van der Waals surface area contributed by atoms with Crippen molar-refractivity contribution in [1.29, 1.82) is 0 Å². The second-order valence-electron chi connectivity index (χ2n) is 2.77. The van der Waals surface area contributed by atoms with Gasteiger partial charge in [-0.3, -0.25) is 9.59 Å². The van der Waals surface area contributed by atoms with Crippen LogP contribution in [0.5, 0.6) is 0 Å². The maximum Gasteiger partial charge on any atom is 0.317 e. The predicted octanol–water partition coefficient (Wildman–Crippen LogP) is 1.52. The third-order valence-electron chi connectivity index (χ3n) is 1.85. The molecule has 1 aliphatic carbocycles. The zero-order valence-corrected chi connectivity index (χ0v) is 7.24. The van der Waals surface area contributed by atoms with Gasteiger partial charge in [-0.15, -0.1) is 4.91 Å². The number of Topliss-reactive ketones (excluding diaryl/α,β-unsaturated/α-hetero) is 1. The molecule has 0 atom stereocenters. The van der Waals surface area contributed by atoms with Crippen molar-refractivity contribution in [3.05, 3.63) is 28.2 Å². The van der Waals surface area contributed by atoms with E-state index in [0.29, 0.717) is 12.0 Å². The lowest BCUT2D eigenvalue weighted by Gasteiger charge is -2.08. The maximum atomic E-state index is 11.0. The van der Waals surface area contributed by atoms with Crippen molar-refractivity contribution >= 4 is 11.7 Å². The van der Waals surface area contributed by atoms with Crippen LogP contribution in [-0.2, 0) is 9.59 Å². The van der Waals surface area contributed by atoms with Gasteiger partial charge in [-0.1, -0.05) is 12.2 Å². The van der Waals surface area contributed by atoms with E-state index in [0.717, 1.165) is 6.42 Å². The van der Waals surface area contributed by atoms with Crippen LogP contribution in [0, 0.1) is 4.91 Å². The Balaban J connectivity index is 3.00. The van der Waals surface area contributed by atoms with E-state index in [1.54, 1.807) is 12.2 Å². The van der Waals surface area contributed by atoms with Crippen LogP contribution in [0.3, 0.4) is 0 Å². The molecule has 1 amide bonds. The number of rotatable bonds is 2. The van der Waals surface area contributed by atoms with Crippen LogP contribution >= 0.6 is 0 Å². The first-order chi connectivity index (χ1) is 6.16. The molecule has 0 bridgehead atoms. The van der Waals surface area contributed by atoms with Crippen LogP contribution in [-0.4, -0.2) is 11.7 Å². The Bertz CT molecular complexity index is 326. The van der Waals surface area contributed by atoms with Crippen LogP contribution in [0.1, 0.15) is 19.8 Å². The van der Waals surface area contributed by atoms with Gasteiger partial charge in [-0.05, 0) is 19.8 Å². The summed E-state index contributed by atoms with van der Waals surface area (Å²) in [7, 11) is 0. The summed E-state index contributed by atoms with van der Waals surface area (Å²) in [5, 5.41) is 2.29. The summed E-state index contributed by atoms with van der Waals surface area (Å²) in [6.07, 6.45) is 4.65. The third-order valence-corrected chi connectivity index (χ3v) is 1.85. The lowest BCUT2D eigenvalue weighted by molar-refractivity contribution is -0.116. The fraction of sp³-hybridized carbons (Fsp3) is 0.333. The van der Waals surface area contributed by atoms with Gasteiger partial charge in [-0.25, -0.2) is 0 Å². The lowest BCUT2D eigenvalue weighted by Crippen LogP contribution is -2.10. The van der Waals surface area contributed by atoms with Crippen molar-refractivity contribution < 1.29 is 9.59 Å². The number of allylic oxidation sites excluding steroid dienone is 2. The molecule has 1 rings (SSSR count). The summed E-state index contributed by atoms with van der Waals surface area (Å²) >= 11 is 0. The highest BCUT2D eigenvalue weighted by atomic mass is 16.3. The number of amides is 1. The van der Waals surface area contributed by atoms with E-state index in [4.69, 9.17) is 0 Å². The molecular weight excluding hydrogens is 170 g/mol. The third kappa shape index (κ3) is 1.96. The number of hydrogen-bond donors (Lipinski definition) is 0. The molecule has 1 aliphatic rings. The second-order valence-corrected chi connectivity index (χ2v) is 2.77. The van der Waals surface area contributed by atoms with Crippen molar-refractivity contribution in [2.24, 2.45) is 5.18 Å². The minimum absolute atomic E-state index is 0.147. The van der Waals surface area contributed by atoms with Crippen LogP contribution < -0.4 is 0 Å². The van der Waals surface area contributed by atoms with Gasteiger partial charge in [0.2, 0.25) is 0 Å². The molecule has 13 heavy (non-hydrogen) atoms. The Morgan fingerprint density at radius 1 is 1.23 bits per heavy atom. The van der Waals surface area contributed by atoms with Gasteiger partial charge in [0.1, 0.15) is 0 Å². The molecule has 0 unspecified atom stereocenters. The summed E-state index contributed by atoms with van der Waals surface area (Å²) in [6, 6.07) is 0. The van der Waals surface area contributed by atoms with Gasteiger partial charge in [0.15, 0.2) is 5.78 Å². The fourth-order valence-corrected chi connectivity index (χ4v) is 1.26. The number of nitroso groups, excluding NO2 is 1. The number of ketones is 1. The molecule has 68 valence electrons. The first-order valence-corrected chi connectivity index (χ1v) is 3.96. The minimum Gasteiger partial charge on any atom is -0.294 e. The molecule has 0 aliphatic heterocycles. The van der Waals surface area contributed by atoms with Crippen molar-refractivity contribution in [3.8, 4) is 0 Å². The monoisotopic (exact) mass is 179 g/mol. The quantitative estimate of drug-likeness (QED) is 0.603.